The van der Waals surface area contributed by atoms with Gasteiger partial charge in [-0.2, -0.15) is 0 Å². The number of carbonyl (C=O) groups excluding carboxylic acids is 2. The zero-order chi connectivity index (χ0) is 30.2. The minimum atomic E-state index is 0.0278. The van der Waals surface area contributed by atoms with Gasteiger partial charge in [-0.25, -0.2) is 0 Å². The molecular weight excluding hydrogens is 496 g/mol. The van der Waals surface area contributed by atoms with Crippen LogP contribution in [0, 0.1) is 0 Å². The SMILES string of the molecule is CC(=O)CCCCCCC(=O)N(CCCCCCN(C)C1CC(C)(C)NC(C)(C)C1)C1CC(C)(C)NC(C)(C)C1. The maximum absolute atomic E-state index is 13.5. The zero-order valence-electron chi connectivity index (χ0n) is 28.2. The van der Waals surface area contributed by atoms with Gasteiger partial charge in [-0.05, 0) is 127 Å². The lowest BCUT2D eigenvalue weighted by molar-refractivity contribution is -0.135. The fraction of sp³-hybridized carbons (Fsp3) is 0.941. The maximum Gasteiger partial charge on any atom is 0.222 e. The van der Waals surface area contributed by atoms with Crippen LogP contribution in [0.2, 0.25) is 0 Å². The minimum absolute atomic E-state index is 0.0278. The van der Waals surface area contributed by atoms with E-state index in [0.29, 0.717) is 30.8 Å². The van der Waals surface area contributed by atoms with Crippen LogP contribution in [0.4, 0.5) is 0 Å². The smallest absolute Gasteiger partial charge is 0.222 e. The Bertz CT molecular complexity index is 772. The first-order valence-corrected chi connectivity index (χ1v) is 16.5. The summed E-state index contributed by atoms with van der Waals surface area (Å²) >= 11 is 0. The molecule has 0 aromatic rings. The highest BCUT2D eigenvalue weighted by Gasteiger charge is 2.41. The van der Waals surface area contributed by atoms with Crippen LogP contribution in [0.25, 0.3) is 0 Å². The molecule has 0 aliphatic carbocycles. The second-order valence-electron chi connectivity index (χ2n) is 16.0. The number of Topliss-reactive ketones (excluding diaryl/α,β-unsaturated/α-hetero) is 1. The summed E-state index contributed by atoms with van der Waals surface area (Å²) in [5, 5.41) is 7.60. The summed E-state index contributed by atoms with van der Waals surface area (Å²) in [6.07, 6.45) is 14.4. The molecule has 1 amide bonds. The molecule has 6 nitrogen and oxygen atoms in total. The highest BCUT2D eigenvalue weighted by Crippen LogP contribution is 2.33. The average Bonchev–Trinajstić information content (AvgIpc) is 2.76. The standard InChI is InChI=1S/C34H66N4O2/c1-27(39)19-15-11-12-16-20-30(40)38(29-25-33(6,7)36-34(8,9)26-29)22-18-14-13-17-21-37(10)28-23-31(2,3)35-32(4,5)24-28/h28-29,35-36H,11-26H2,1-10H3. The molecule has 2 aliphatic rings. The van der Waals surface area contributed by atoms with Crippen LogP contribution in [0.5, 0.6) is 0 Å². The summed E-state index contributed by atoms with van der Waals surface area (Å²) in [6.45, 7) is 22.1. The molecule has 0 radical (unpaired) electrons. The third-order valence-electron chi connectivity index (χ3n) is 9.05. The number of carbonyl (C=O) groups is 2. The van der Waals surface area contributed by atoms with E-state index in [1.54, 1.807) is 6.92 Å². The molecule has 2 saturated heterocycles. The first-order chi connectivity index (χ1) is 18.4. The topological polar surface area (TPSA) is 64.7 Å². The van der Waals surface area contributed by atoms with Gasteiger partial charge in [0.2, 0.25) is 5.91 Å². The largest absolute Gasteiger partial charge is 0.340 e. The Morgan fingerprint density at radius 1 is 0.600 bits per heavy atom. The molecule has 0 saturated carbocycles. The van der Waals surface area contributed by atoms with Crippen LogP contribution in [0.15, 0.2) is 0 Å². The van der Waals surface area contributed by atoms with Crippen molar-refractivity contribution in [1.82, 2.24) is 20.4 Å². The molecule has 2 heterocycles. The third kappa shape index (κ3) is 12.9. The second kappa shape index (κ2) is 15.0. The van der Waals surface area contributed by atoms with Gasteiger partial charge in [0.25, 0.3) is 0 Å². The molecule has 2 aliphatic heterocycles. The van der Waals surface area contributed by atoms with E-state index in [1.165, 1.54) is 32.1 Å². The Balaban J connectivity index is 1.84. The maximum atomic E-state index is 13.5. The van der Waals surface area contributed by atoms with Gasteiger partial charge in [-0.3, -0.25) is 4.79 Å². The summed E-state index contributed by atoms with van der Waals surface area (Å²) in [7, 11) is 2.31. The van der Waals surface area contributed by atoms with E-state index in [2.05, 4.69) is 82.9 Å². The molecule has 40 heavy (non-hydrogen) atoms. The first kappa shape index (κ1) is 35.2. The fourth-order valence-electron chi connectivity index (χ4n) is 7.91. The highest BCUT2D eigenvalue weighted by atomic mass is 16.2. The van der Waals surface area contributed by atoms with Crippen molar-refractivity contribution in [3.8, 4) is 0 Å². The molecule has 0 atom stereocenters. The number of rotatable bonds is 16. The van der Waals surface area contributed by atoms with Gasteiger partial charge >= 0.3 is 0 Å². The zero-order valence-corrected chi connectivity index (χ0v) is 28.2. The predicted molar refractivity (Wildman–Crippen MR) is 170 cm³/mol. The Morgan fingerprint density at radius 2 is 1.00 bits per heavy atom. The molecule has 0 aromatic heterocycles. The molecular formula is C34H66N4O2. The van der Waals surface area contributed by atoms with Crippen molar-refractivity contribution < 1.29 is 9.59 Å². The number of hydrogen-bond donors (Lipinski definition) is 2. The molecule has 0 aromatic carbocycles. The Hall–Kier alpha value is -0.980. The van der Waals surface area contributed by atoms with Gasteiger partial charge in [-0.15, -0.1) is 0 Å². The summed E-state index contributed by atoms with van der Waals surface area (Å²) < 4.78 is 0. The summed E-state index contributed by atoms with van der Waals surface area (Å²) in [6, 6.07) is 0.933. The van der Waals surface area contributed by atoms with Crippen LogP contribution in [-0.4, -0.2) is 75.9 Å². The van der Waals surface area contributed by atoms with E-state index in [1.807, 2.05) is 0 Å². The van der Waals surface area contributed by atoms with Crippen molar-refractivity contribution in [2.24, 2.45) is 0 Å². The lowest BCUT2D eigenvalue weighted by Gasteiger charge is -2.49. The van der Waals surface area contributed by atoms with Crippen molar-refractivity contribution in [1.29, 1.82) is 0 Å². The normalized spacial score (nSPS) is 22.4. The third-order valence-corrected chi connectivity index (χ3v) is 9.05. The predicted octanol–water partition coefficient (Wildman–Crippen LogP) is 6.86. The van der Waals surface area contributed by atoms with Crippen molar-refractivity contribution >= 4 is 11.7 Å². The second-order valence-corrected chi connectivity index (χ2v) is 16.0. The number of amides is 1. The van der Waals surface area contributed by atoms with Crippen molar-refractivity contribution in [2.75, 3.05) is 20.1 Å². The summed E-state index contributed by atoms with van der Waals surface area (Å²) in [5.41, 5.74) is 0.423. The molecule has 0 spiro atoms. The van der Waals surface area contributed by atoms with Crippen LogP contribution < -0.4 is 10.6 Å². The van der Waals surface area contributed by atoms with Gasteiger partial charge in [0.15, 0.2) is 0 Å². The van der Waals surface area contributed by atoms with Gasteiger partial charge in [0.05, 0.1) is 0 Å². The van der Waals surface area contributed by atoms with E-state index >= 15 is 0 Å². The number of piperidine rings is 2. The highest BCUT2D eigenvalue weighted by molar-refractivity contribution is 5.76. The van der Waals surface area contributed by atoms with Crippen LogP contribution in [0.3, 0.4) is 0 Å². The number of nitrogens with one attached hydrogen (secondary N) is 2. The van der Waals surface area contributed by atoms with Gasteiger partial charge in [-0.1, -0.05) is 25.7 Å². The molecule has 0 bridgehead atoms. The molecule has 234 valence electrons. The van der Waals surface area contributed by atoms with Gasteiger partial charge in [0, 0.05) is 53.6 Å². The van der Waals surface area contributed by atoms with Crippen molar-refractivity contribution in [3.63, 3.8) is 0 Å². The fourth-order valence-corrected chi connectivity index (χ4v) is 7.91. The summed E-state index contributed by atoms with van der Waals surface area (Å²) in [4.78, 5) is 29.6. The van der Waals surface area contributed by atoms with E-state index in [0.717, 1.165) is 58.0 Å². The number of nitrogens with zero attached hydrogens (tertiary/aromatic N) is 2. The quantitative estimate of drug-likeness (QED) is 0.201. The van der Waals surface area contributed by atoms with Gasteiger partial charge in [0.1, 0.15) is 5.78 Å². The average molecular weight is 563 g/mol. The van der Waals surface area contributed by atoms with Crippen LogP contribution in [-0.2, 0) is 9.59 Å². The van der Waals surface area contributed by atoms with E-state index in [9.17, 15) is 9.59 Å². The van der Waals surface area contributed by atoms with Gasteiger partial charge < -0.3 is 25.2 Å². The molecule has 0 unspecified atom stereocenters. The van der Waals surface area contributed by atoms with Crippen molar-refractivity contribution in [2.45, 2.75) is 186 Å². The minimum Gasteiger partial charge on any atom is -0.340 e. The number of unbranched alkanes of at least 4 members (excludes halogenated alkanes) is 6. The number of hydrogen-bond acceptors (Lipinski definition) is 5. The molecule has 2 N–H and O–H groups in total. The molecule has 2 rings (SSSR count). The van der Waals surface area contributed by atoms with E-state index in [-0.39, 0.29) is 27.9 Å². The lowest BCUT2D eigenvalue weighted by Crippen LogP contribution is -2.62. The van der Waals surface area contributed by atoms with Crippen LogP contribution >= 0.6 is 0 Å². The monoisotopic (exact) mass is 563 g/mol. The molecule has 2 fully saturated rings. The lowest BCUT2D eigenvalue weighted by atomic mass is 9.78. The Labute approximate surface area is 248 Å². The summed E-state index contributed by atoms with van der Waals surface area (Å²) in [5.74, 6) is 0.602. The van der Waals surface area contributed by atoms with Crippen LogP contribution in [0.1, 0.15) is 152 Å². The Kier molecular flexibility index (Phi) is 13.2. The molecule has 6 heteroatoms. The Morgan fingerprint density at radius 3 is 1.48 bits per heavy atom. The first-order valence-electron chi connectivity index (χ1n) is 16.5. The number of ketones is 1. The van der Waals surface area contributed by atoms with Crippen molar-refractivity contribution in [3.05, 3.63) is 0 Å². The van der Waals surface area contributed by atoms with E-state index < -0.39 is 0 Å². The van der Waals surface area contributed by atoms with E-state index in [4.69, 9.17) is 0 Å².